The minimum Gasteiger partial charge on any atom is -0.299 e. The molecule has 0 aliphatic heterocycles. The van der Waals surface area contributed by atoms with E-state index in [0.717, 1.165) is 31.2 Å². The molecule has 0 unspecified atom stereocenters. The Balaban J connectivity index is 2.05. The number of non-ortho nitro benzene ring substituents is 1. The van der Waals surface area contributed by atoms with Gasteiger partial charge in [-0.1, -0.05) is 31.9 Å². The first-order chi connectivity index (χ1) is 8.51. The van der Waals surface area contributed by atoms with Gasteiger partial charge in [0.25, 0.3) is 5.69 Å². The number of nitro benzene ring substituents is 1. The highest BCUT2D eigenvalue weighted by atomic mass is 16.6. The Bertz CT molecular complexity index is 458. The lowest BCUT2D eigenvalue weighted by Crippen LogP contribution is -2.25. The molecule has 18 heavy (non-hydrogen) atoms. The molecule has 0 amide bonds. The van der Waals surface area contributed by atoms with Crippen molar-refractivity contribution >= 4 is 11.5 Å². The maximum atomic E-state index is 12.2. The second kappa shape index (κ2) is 4.88. The summed E-state index contributed by atoms with van der Waals surface area (Å²) in [5, 5.41) is 10.5. The Morgan fingerprint density at radius 1 is 1.28 bits per heavy atom. The minimum absolute atomic E-state index is 0.0678. The molecule has 0 N–H and O–H groups in total. The van der Waals surface area contributed by atoms with Crippen LogP contribution in [0.3, 0.4) is 0 Å². The quantitative estimate of drug-likeness (QED) is 0.606. The van der Waals surface area contributed by atoms with E-state index in [0.29, 0.717) is 6.42 Å². The van der Waals surface area contributed by atoms with E-state index in [1.54, 1.807) is 12.1 Å². The van der Waals surface area contributed by atoms with Crippen molar-refractivity contribution in [2.75, 3.05) is 0 Å². The number of nitro groups is 1. The minimum atomic E-state index is -0.427. The van der Waals surface area contributed by atoms with Crippen molar-refractivity contribution in [3.8, 4) is 0 Å². The Labute approximate surface area is 106 Å². The molecule has 4 heteroatoms. The van der Waals surface area contributed by atoms with Gasteiger partial charge in [0, 0.05) is 24.0 Å². The maximum Gasteiger partial charge on any atom is 0.269 e. The van der Waals surface area contributed by atoms with Gasteiger partial charge in [-0.2, -0.15) is 0 Å². The Hall–Kier alpha value is -1.71. The van der Waals surface area contributed by atoms with Crippen molar-refractivity contribution in [2.24, 2.45) is 5.41 Å². The van der Waals surface area contributed by atoms with Gasteiger partial charge in [0.15, 0.2) is 0 Å². The summed E-state index contributed by atoms with van der Waals surface area (Å²) in [5.41, 5.74) is 0.749. The molecule has 0 spiro atoms. The molecule has 0 bridgehead atoms. The molecule has 4 nitrogen and oxygen atoms in total. The van der Waals surface area contributed by atoms with Gasteiger partial charge >= 0.3 is 0 Å². The number of carbonyl (C=O) groups is 1. The first kappa shape index (κ1) is 12.7. The molecule has 1 aromatic carbocycles. The van der Waals surface area contributed by atoms with Crippen LogP contribution >= 0.6 is 0 Å². The van der Waals surface area contributed by atoms with E-state index in [-0.39, 0.29) is 16.9 Å². The van der Waals surface area contributed by atoms with E-state index >= 15 is 0 Å². The molecule has 1 aromatic rings. The largest absolute Gasteiger partial charge is 0.299 e. The third kappa shape index (κ3) is 2.58. The van der Waals surface area contributed by atoms with Crippen molar-refractivity contribution < 1.29 is 9.72 Å². The van der Waals surface area contributed by atoms with E-state index in [1.807, 2.05) is 6.92 Å². The molecule has 0 atom stereocenters. The number of nitrogens with zero attached hydrogens (tertiary/aromatic N) is 1. The molecule has 0 radical (unpaired) electrons. The summed E-state index contributed by atoms with van der Waals surface area (Å²) in [4.78, 5) is 22.3. The Kier molecular flexibility index (Phi) is 3.45. The molecule has 1 aliphatic rings. The molecular weight excluding hydrogens is 230 g/mol. The molecule has 1 saturated carbocycles. The molecule has 96 valence electrons. The fourth-order valence-electron chi connectivity index (χ4n) is 2.57. The summed E-state index contributed by atoms with van der Waals surface area (Å²) in [5.74, 6) is 0.258. The van der Waals surface area contributed by atoms with E-state index in [2.05, 4.69) is 0 Å². The second-order valence-corrected chi connectivity index (χ2v) is 5.29. The van der Waals surface area contributed by atoms with Crippen molar-refractivity contribution in [3.63, 3.8) is 0 Å². The van der Waals surface area contributed by atoms with Crippen molar-refractivity contribution in [2.45, 2.75) is 39.0 Å². The number of rotatable bonds is 4. The second-order valence-electron chi connectivity index (χ2n) is 5.29. The van der Waals surface area contributed by atoms with E-state index in [1.165, 1.54) is 12.1 Å². The first-order valence-corrected chi connectivity index (χ1v) is 6.28. The highest BCUT2D eigenvalue weighted by molar-refractivity contribution is 5.86. The van der Waals surface area contributed by atoms with E-state index in [4.69, 9.17) is 0 Å². The third-order valence-corrected chi connectivity index (χ3v) is 3.89. The standard InChI is InChI=1S/C14H17NO3/c1-14(8-2-3-9-14)13(16)10-11-4-6-12(7-5-11)15(17)18/h4-7H,2-3,8-10H2,1H3. The third-order valence-electron chi connectivity index (χ3n) is 3.89. The Morgan fingerprint density at radius 3 is 2.33 bits per heavy atom. The average molecular weight is 247 g/mol. The van der Waals surface area contributed by atoms with E-state index in [9.17, 15) is 14.9 Å². The molecule has 2 rings (SSSR count). The highest BCUT2D eigenvalue weighted by Gasteiger charge is 2.35. The van der Waals surface area contributed by atoms with Gasteiger partial charge in [-0.05, 0) is 18.4 Å². The van der Waals surface area contributed by atoms with Crippen LogP contribution in [0.15, 0.2) is 24.3 Å². The van der Waals surface area contributed by atoms with Gasteiger partial charge < -0.3 is 0 Å². The number of benzene rings is 1. The lowest BCUT2D eigenvalue weighted by molar-refractivity contribution is -0.384. The monoisotopic (exact) mass is 247 g/mol. The van der Waals surface area contributed by atoms with Gasteiger partial charge in [-0.15, -0.1) is 0 Å². The van der Waals surface area contributed by atoms with Crippen LogP contribution in [0.2, 0.25) is 0 Å². The van der Waals surface area contributed by atoms with E-state index < -0.39 is 4.92 Å². The molecule has 0 heterocycles. The van der Waals surface area contributed by atoms with Crippen LogP contribution < -0.4 is 0 Å². The topological polar surface area (TPSA) is 60.2 Å². The Morgan fingerprint density at radius 2 is 1.83 bits per heavy atom. The summed E-state index contributed by atoms with van der Waals surface area (Å²) >= 11 is 0. The zero-order valence-corrected chi connectivity index (χ0v) is 10.5. The van der Waals surface area contributed by atoms with Gasteiger partial charge in [-0.25, -0.2) is 0 Å². The van der Waals surface area contributed by atoms with Crippen LogP contribution in [0, 0.1) is 15.5 Å². The first-order valence-electron chi connectivity index (χ1n) is 6.28. The fraction of sp³-hybridized carbons (Fsp3) is 0.500. The summed E-state index contributed by atoms with van der Waals surface area (Å²) < 4.78 is 0. The molecule has 1 aliphatic carbocycles. The zero-order valence-electron chi connectivity index (χ0n) is 10.5. The van der Waals surface area contributed by atoms with Gasteiger partial charge in [0.1, 0.15) is 5.78 Å². The van der Waals surface area contributed by atoms with Crippen molar-refractivity contribution in [1.82, 2.24) is 0 Å². The highest BCUT2D eigenvalue weighted by Crippen LogP contribution is 2.39. The molecule has 1 fully saturated rings. The van der Waals surface area contributed by atoms with Gasteiger partial charge in [0.2, 0.25) is 0 Å². The predicted octanol–water partition coefficient (Wildman–Crippen LogP) is 3.29. The summed E-state index contributed by atoms with van der Waals surface area (Å²) in [6.45, 7) is 2.04. The SMILES string of the molecule is CC1(C(=O)Cc2ccc([N+](=O)[O-])cc2)CCCC1. The normalized spacial score (nSPS) is 17.6. The number of hydrogen-bond donors (Lipinski definition) is 0. The average Bonchev–Trinajstić information content (AvgIpc) is 2.78. The summed E-state index contributed by atoms with van der Waals surface area (Å²) in [7, 11) is 0. The fourth-order valence-corrected chi connectivity index (χ4v) is 2.57. The zero-order chi connectivity index (χ0) is 13.2. The smallest absolute Gasteiger partial charge is 0.269 e. The van der Waals surface area contributed by atoms with Crippen LogP contribution in [-0.4, -0.2) is 10.7 Å². The number of hydrogen-bond acceptors (Lipinski definition) is 3. The summed E-state index contributed by atoms with van der Waals surface area (Å²) in [6.07, 6.45) is 4.58. The van der Waals surface area contributed by atoms with Crippen molar-refractivity contribution in [1.29, 1.82) is 0 Å². The van der Waals surface area contributed by atoms with Crippen LogP contribution in [0.1, 0.15) is 38.2 Å². The molecule has 0 saturated heterocycles. The van der Waals surface area contributed by atoms with Crippen LogP contribution in [-0.2, 0) is 11.2 Å². The van der Waals surface area contributed by atoms with Crippen LogP contribution in [0.4, 0.5) is 5.69 Å². The molecular formula is C14H17NO3. The number of ketones is 1. The van der Waals surface area contributed by atoms with Crippen LogP contribution in [0.25, 0.3) is 0 Å². The maximum absolute atomic E-state index is 12.2. The number of Topliss-reactive ketones (excluding diaryl/α,β-unsaturated/α-hetero) is 1. The van der Waals surface area contributed by atoms with Gasteiger partial charge in [-0.3, -0.25) is 14.9 Å². The van der Waals surface area contributed by atoms with Crippen LogP contribution in [0.5, 0.6) is 0 Å². The summed E-state index contributed by atoms with van der Waals surface area (Å²) in [6, 6.07) is 6.27. The predicted molar refractivity (Wildman–Crippen MR) is 68.4 cm³/mol. The lowest BCUT2D eigenvalue weighted by Gasteiger charge is -2.21. The molecule has 0 aromatic heterocycles. The van der Waals surface area contributed by atoms with Crippen molar-refractivity contribution in [3.05, 3.63) is 39.9 Å². The number of carbonyl (C=O) groups excluding carboxylic acids is 1. The van der Waals surface area contributed by atoms with Gasteiger partial charge in [0.05, 0.1) is 4.92 Å². The lowest BCUT2D eigenvalue weighted by atomic mass is 9.81.